The molecule has 102 valence electrons. The highest BCUT2D eigenvalue weighted by Crippen LogP contribution is 2.20. The van der Waals surface area contributed by atoms with Crippen LogP contribution in [0.15, 0.2) is 42.5 Å². The highest BCUT2D eigenvalue weighted by Gasteiger charge is 2.22. The maximum atomic E-state index is 12.1. The largest absolute Gasteiger partial charge is 0.329 e. The fourth-order valence-electron chi connectivity index (χ4n) is 2.01. The number of anilines is 1. The van der Waals surface area contributed by atoms with Crippen LogP contribution in [0.25, 0.3) is 10.8 Å². The van der Waals surface area contributed by atoms with E-state index in [4.69, 9.17) is 5.73 Å². The summed E-state index contributed by atoms with van der Waals surface area (Å²) in [5.41, 5.74) is 6.07. The molecule has 4 nitrogen and oxygen atoms in total. The molecule has 0 amide bonds. The first-order chi connectivity index (χ1) is 9.06. The second-order valence-electron chi connectivity index (χ2n) is 4.47. The molecule has 2 rings (SSSR count). The van der Waals surface area contributed by atoms with Gasteiger partial charge in [0, 0.05) is 12.2 Å². The minimum atomic E-state index is -3.42. The van der Waals surface area contributed by atoms with E-state index in [1.165, 1.54) is 0 Å². The highest BCUT2D eigenvalue weighted by atomic mass is 32.2. The van der Waals surface area contributed by atoms with E-state index in [9.17, 15) is 8.42 Å². The lowest BCUT2D eigenvalue weighted by molar-refractivity contribution is 0.581. The van der Waals surface area contributed by atoms with E-state index in [1.54, 1.807) is 6.07 Å². The lowest BCUT2D eigenvalue weighted by Crippen LogP contribution is -2.33. The maximum absolute atomic E-state index is 12.1. The number of fused-ring (bicyclic) bond motifs is 1. The molecule has 0 spiro atoms. The SMILES string of the molecule is CCC(CN)S(=O)(=O)Nc1ccc2ccccc2c1. The maximum Gasteiger partial charge on any atom is 0.236 e. The van der Waals surface area contributed by atoms with Crippen LogP contribution in [0, 0.1) is 0 Å². The van der Waals surface area contributed by atoms with Gasteiger partial charge in [0.2, 0.25) is 10.0 Å². The molecular formula is C14H18N2O2S. The molecule has 3 N–H and O–H groups in total. The minimum Gasteiger partial charge on any atom is -0.329 e. The monoisotopic (exact) mass is 278 g/mol. The number of rotatable bonds is 5. The van der Waals surface area contributed by atoms with Gasteiger partial charge in [0.1, 0.15) is 0 Å². The number of sulfonamides is 1. The number of nitrogens with two attached hydrogens (primary N) is 1. The van der Waals surface area contributed by atoms with Gasteiger partial charge in [-0.3, -0.25) is 4.72 Å². The Balaban J connectivity index is 2.31. The van der Waals surface area contributed by atoms with Crippen molar-refractivity contribution in [1.82, 2.24) is 0 Å². The molecule has 1 unspecified atom stereocenters. The van der Waals surface area contributed by atoms with Gasteiger partial charge in [-0.1, -0.05) is 37.3 Å². The Morgan fingerprint density at radius 2 is 1.84 bits per heavy atom. The second-order valence-corrected chi connectivity index (χ2v) is 6.44. The van der Waals surface area contributed by atoms with E-state index in [0.717, 1.165) is 10.8 Å². The summed E-state index contributed by atoms with van der Waals surface area (Å²) in [6.45, 7) is 1.94. The van der Waals surface area contributed by atoms with E-state index in [-0.39, 0.29) is 6.54 Å². The zero-order valence-electron chi connectivity index (χ0n) is 10.8. The van der Waals surface area contributed by atoms with Crippen molar-refractivity contribution < 1.29 is 8.42 Å². The van der Waals surface area contributed by atoms with Crippen molar-refractivity contribution in [2.24, 2.45) is 5.73 Å². The van der Waals surface area contributed by atoms with Gasteiger partial charge in [-0.15, -0.1) is 0 Å². The molecule has 1 atom stereocenters. The van der Waals surface area contributed by atoms with Gasteiger partial charge in [0.25, 0.3) is 0 Å². The topological polar surface area (TPSA) is 72.2 Å². The first kappa shape index (κ1) is 13.8. The molecule has 0 saturated carbocycles. The molecular weight excluding hydrogens is 260 g/mol. The Morgan fingerprint density at radius 1 is 1.16 bits per heavy atom. The Labute approximate surface area is 113 Å². The third-order valence-electron chi connectivity index (χ3n) is 3.17. The fourth-order valence-corrected chi connectivity index (χ4v) is 3.33. The van der Waals surface area contributed by atoms with Crippen LogP contribution in [0.5, 0.6) is 0 Å². The van der Waals surface area contributed by atoms with Crippen molar-refractivity contribution in [3.63, 3.8) is 0 Å². The van der Waals surface area contributed by atoms with Gasteiger partial charge in [-0.05, 0) is 29.3 Å². The van der Waals surface area contributed by atoms with Crippen molar-refractivity contribution in [1.29, 1.82) is 0 Å². The summed E-state index contributed by atoms with van der Waals surface area (Å²) in [4.78, 5) is 0. The quantitative estimate of drug-likeness (QED) is 0.881. The molecule has 19 heavy (non-hydrogen) atoms. The summed E-state index contributed by atoms with van der Waals surface area (Å²) in [6.07, 6.45) is 0.499. The van der Waals surface area contributed by atoms with Gasteiger partial charge in [-0.2, -0.15) is 0 Å². The summed E-state index contributed by atoms with van der Waals surface area (Å²) >= 11 is 0. The van der Waals surface area contributed by atoms with Crippen LogP contribution >= 0.6 is 0 Å². The molecule has 0 fully saturated rings. The van der Waals surface area contributed by atoms with Crippen LogP contribution in [0.4, 0.5) is 5.69 Å². The number of hydrogen-bond acceptors (Lipinski definition) is 3. The summed E-state index contributed by atoms with van der Waals surface area (Å²) < 4.78 is 26.8. The number of nitrogens with one attached hydrogen (secondary N) is 1. The lowest BCUT2D eigenvalue weighted by atomic mass is 10.1. The van der Waals surface area contributed by atoms with Crippen LogP contribution in [0.3, 0.4) is 0 Å². The van der Waals surface area contributed by atoms with Gasteiger partial charge in [0.15, 0.2) is 0 Å². The minimum absolute atomic E-state index is 0.124. The number of benzene rings is 2. The fraction of sp³-hybridized carbons (Fsp3) is 0.286. The Hall–Kier alpha value is -1.59. The number of hydrogen-bond donors (Lipinski definition) is 2. The predicted molar refractivity (Wildman–Crippen MR) is 79.6 cm³/mol. The first-order valence-electron chi connectivity index (χ1n) is 6.27. The van der Waals surface area contributed by atoms with Gasteiger partial charge >= 0.3 is 0 Å². The van der Waals surface area contributed by atoms with Crippen LogP contribution in [-0.4, -0.2) is 20.2 Å². The molecule has 0 heterocycles. The van der Waals surface area contributed by atoms with Crippen molar-refractivity contribution >= 4 is 26.5 Å². The molecule has 0 radical (unpaired) electrons. The molecule has 0 aromatic heterocycles. The second kappa shape index (κ2) is 5.59. The van der Waals surface area contributed by atoms with Crippen LogP contribution in [0.1, 0.15) is 13.3 Å². The Kier molecular flexibility index (Phi) is 4.07. The summed E-state index contributed by atoms with van der Waals surface area (Å²) in [5, 5.41) is 1.53. The van der Waals surface area contributed by atoms with E-state index >= 15 is 0 Å². The van der Waals surface area contributed by atoms with Crippen LogP contribution in [-0.2, 0) is 10.0 Å². The Morgan fingerprint density at radius 3 is 2.47 bits per heavy atom. The summed E-state index contributed by atoms with van der Waals surface area (Å²) in [5.74, 6) is 0. The molecule has 2 aromatic carbocycles. The van der Waals surface area contributed by atoms with E-state index < -0.39 is 15.3 Å². The molecule has 0 bridgehead atoms. The highest BCUT2D eigenvalue weighted by molar-refractivity contribution is 7.93. The first-order valence-corrected chi connectivity index (χ1v) is 7.82. The van der Waals surface area contributed by atoms with Crippen molar-refractivity contribution in [2.75, 3.05) is 11.3 Å². The molecule has 0 aliphatic rings. The molecule has 5 heteroatoms. The lowest BCUT2D eigenvalue weighted by Gasteiger charge is -2.15. The molecule has 2 aromatic rings. The molecule has 0 saturated heterocycles. The van der Waals surface area contributed by atoms with Crippen molar-refractivity contribution in [3.8, 4) is 0 Å². The standard InChI is InChI=1S/C14H18N2O2S/c1-2-14(10-15)19(17,18)16-13-8-7-11-5-3-4-6-12(11)9-13/h3-9,14,16H,2,10,15H2,1H3. The molecule has 0 aliphatic carbocycles. The van der Waals surface area contributed by atoms with Crippen molar-refractivity contribution in [2.45, 2.75) is 18.6 Å². The third kappa shape index (κ3) is 3.05. The predicted octanol–water partition coefficient (Wildman–Crippen LogP) is 2.32. The van der Waals surface area contributed by atoms with E-state index in [2.05, 4.69) is 4.72 Å². The normalized spacial score (nSPS) is 13.4. The average molecular weight is 278 g/mol. The zero-order valence-corrected chi connectivity index (χ0v) is 11.7. The van der Waals surface area contributed by atoms with Crippen molar-refractivity contribution in [3.05, 3.63) is 42.5 Å². The Bertz CT molecular complexity index is 664. The summed E-state index contributed by atoms with van der Waals surface area (Å²) in [7, 11) is -3.42. The smallest absolute Gasteiger partial charge is 0.236 e. The molecule has 0 aliphatic heterocycles. The van der Waals surface area contributed by atoms with Gasteiger partial charge in [-0.25, -0.2) is 8.42 Å². The van der Waals surface area contributed by atoms with E-state index in [1.807, 2.05) is 43.3 Å². The van der Waals surface area contributed by atoms with E-state index in [0.29, 0.717) is 12.1 Å². The van der Waals surface area contributed by atoms with Gasteiger partial charge < -0.3 is 5.73 Å². The third-order valence-corrected chi connectivity index (χ3v) is 5.09. The van der Waals surface area contributed by atoms with Gasteiger partial charge in [0.05, 0.1) is 5.25 Å². The average Bonchev–Trinajstić information content (AvgIpc) is 2.39. The zero-order chi connectivity index (χ0) is 13.9. The van der Waals surface area contributed by atoms with Crippen LogP contribution in [0.2, 0.25) is 0 Å². The summed E-state index contributed by atoms with van der Waals surface area (Å²) in [6, 6.07) is 13.3. The van der Waals surface area contributed by atoms with Crippen LogP contribution < -0.4 is 10.5 Å².